The molecule has 1 aromatic heterocycles. The van der Waals surface area contributed by atoms with Crippen LogP contribution in [0, 0.1) is 0 Å². The third kappa shape index (κ3) is 3.75. The van der Waals surface area contributed by atoms with E-state index < -0.39 is 0 Å². The van der Waals surface area contributed by atoms with Crippen molar-refractivity contribution >= 4 is 0 Å². The van der Waals surface area contributed by atoms with Crippen LogP contribution in [0.2, 0.25) is 0 Å². The highest BCUT2D eigenvalue weighted by Gasteiger charge is 2.13. The van der Waals surface area contributed by atoms with E-state index in [1.807, 2.05) is 0 Å². The van der Waals surface area contributed by atoms with Gasteiger partial charge in [-0.3, -0.25) is 4.98 Å². The van der Waals surface area contributed by atoms with Crippen molar-refractivity contribution in [2.75, 3.05) is 20.3 Å². The van der Waals surface area contributed by atoms with E-state index in [4.69, 9.17) is 15.2 Å². The maximum absolute atomic E-state index is 5.99. The van der Waals surface area contributed by atoms with Crippen molar-refractivity contribution in [2.45, 2.75) is 25.8 Å². The van der Waals surface area contributed by atoms with E-state index >= 15 is 0 Å². The Hall–Kier alpha value is -1.20. The standard InChI is InChI=1S/C11H19N3O2/c1-3-7-16-8-4-9(12)10-11(15-2)14-6-5-13-10/h5-6,9H,3-4,7-8,12H2,1-2H3. The van der Waals surface area contributed by atoms with Crippen molar-refractivity contribution in [3.63, 3.8) is 0 Å². The van der Waals surface area contributed by atoms with Crippen LogP contribution in [0.5, 0.6) is 5.88 Å². The van der Waals surface area contributed by atoms with Crippen LogP contribution in [0.1, 0.15) is 31.5 Å². The molecule has 0 amide bonds. The summed E-state index contributed by atoms with van der Waals surface area (Å²) in [6.45, 7) is 3.48. The first kappa shape index (κ1) is 12.9. The van der Waals surface area contributed by atoms with Crippen LogP contribution in [-0.2, 0) is 4.74 Å². The van der Waals surface area contributed by atoms with Crippen molar-refractivity contribution in [3.8, 4) is 5.88 Å². The largest absolute Gasteiger partial charge is 0.480 e. The van der Waals surface area contributed by atoms with Crippen molar-refractivity contribution in [1.82, 2.24) is 9.97 Å². The van der Waals surface area contributed by atoms with Crippen molar-refractivity contribution in [1.29, 1.82) is 0 Å². The van der Waals surface area contributed by atoms with E-state index in [2.05, 4.69) is 16.9 Å². The SMILES string of the molecule is CCCOCCC(N)c1nccnc1OC. The lowest BCUT2D eigenvalue weighted by atomic mass is 10.1. The zero-order chi connectivity index (χ0) is 11.8. The molecule has 0 aliphatic carbocycles. The summed E-state index contributed by atoms with van der Waals surface area (Å²) >= 11 is 0. The molecule has 0 aliphatic rings. The minimum absolute atomic E-state index is 0.194. The fraction of sp³-hybridized carbons (Fsp3) is 0.636. The van der Waals surface area contributed by atoms with E-state index in [1.54, 1.807) is 19.5 Å². The lowest BCUT2D eigenvalue weighted by Gasteiger charge is -2.13. The number of nitrogens with zero attached hydrogens (tertiary/aromatic N) is 2. The van der Waals surface area contributed by atoms with E-state index in [0.29, 0.717) is 18.2 Å². The second kappa shape index (κ2) is 7.14. The van der Waals surface area contributed by atoms with Gasteiger partial charge in [-0.25, -0.2) is 4.98 Å². The Morgan fingerprint density at radius 1 is 1.31 bits per heavy atom. The molecule has 1 unspecified atom stereocenters. The van der Waals surface area contributed by atoms with Crippen LogP contribution >= 0.6 is 0 Å². The number of rotatable bonds is 7. The summed E-state index contributed by atoms with van der Waals surface area (Å²) in [4.78, 5) is 8.24. The van der Waals surface area contributed by atoms with Crippen LogP contribution in [-0.4, -0.2) is 30.3 Å². The molecule has 2 N–H and O–H groups in total. The van der Waals surface area contributed by atoms with Crippen LogP contribution in [0.15, 0.2) is 12.4 Å². The molecule has 0 bridgehead atoms. The highest BCUT2D eigenvalue weighted by atomic mass is 16.5. The molecule has 1 heterocycles. The summed E-state index contributed by atoms with van der Waals surface area (Å²) < 4.78 is 10.5. The molecule has 5 nitrogen and oxygen atoms in total. The van der Waals surface area contributed by atoms with Crippen LogP contribution in [0.25, 0.3) is 0 Å². The van der Waals surface area contributed by atoms with Gasteiger partial charge in [0.15, 0.2) is 0 Å². The Kier molecular flexibility index (Phi) is 5.74. The zero-order valence-corrected chi connectivity index (χ0v) is 9.85. The van der Waals surface area contributed by atoms with Gasteiger partial charge in [0.05, 0.1) is 13.2 Å². The molecule has 0 radical (unpaired) electrons. The third-order valence-corrected chi connectivity index (χ3v) is 2.16. The normalized spacial score (nSPS) is 12.4. The van der Waals surface area contributed by atoms with Crippen LogP contribution in [0.3, 0.4) is 0 Å². The fourth-order valence-corrected chi connectivity index (χ4v) is 1.34. The number of hydrogen-bond donors (Lipinski definition) is 1. The average Bonchev–Trinajstić information content (AvgIpc) is 2.34. The summed E-state index contributed by atoms with van der Waals surface area (Å²) in [7, 11) is 1.56. The number of nitrogens with two attached hydrogens (primary N) is 1. The first-order valence-electron chi connectivity index (χ1n) is 5.47. The van der Waals surface area contributed by atoms with Gasteiger partial charge < -0.3 is 15.2 Å². The maximum atomic E-state index is 5.99. The van der Waals surface area contributed by atoms with Gasteiger partial charge in [0.1, 0.15) is 5.69 Å². The Morgan fingerprint density at radius 3 is 2.75 bits per heavy atom. The van der Waals surface area contributed by atoms with Crippen molar-refractivity contribution < 1.29 is 9.47 Å². The Balaban J connectivity index is 2.48. The number of aromatic nitrogens is 2. The van der Waals surface area contributed by atoms with E-state index in [9.17, 15) is 0 Å². The molecule has 5 heteroatoms. The Bertz CT molecular complexity index is 307. The van der Waals surface area contributed by atoms with E-state index in [-0.39, 0.29) is 6.04 Å². The summed E-state index contributed by atoms with van der Waals surface area (Å²) in [6.07, 6.45) is 4.94. The second-order valence-corrected chi connectivity index (χ2v) is 3.46. The Morgan fingerprint density at radius 2 is 2.06 bits per heavy atom. The highest BCUT2D eigenvalue weighted by molar-refractivity contribution is 5.20. The fourth-order valence-electron chi connectivity index (χ4n) is 1.34. The average molecular weight is 225 g/mol. The molecule has 0 fully saturated rings. The molecule has 0 saturated carbocycles. The van der Waals surface area contributed by atoms with Crippen LogP contribution < -0.4 is 10.5 Å². The van der Waals surface area contributed by atoms with E-state index in [0.717, 1.165) is 19.4 Å². The van der Waals surface area contributed by atoms with Crippen molar-refractivity contribution in [3.05, 3.63) is 18.1 Å². The van der Waals surface area contributed by atoms with Gasteiger partial charge in [-0.1, -0.05) is 6.92 Å². The summed E-state index contributed by atoms with van der Waals surface area (Å²) in [5, 5.41) is 0. The van der Waals surface area contributed by atoms with Gasteiger partial charge in [-0.05, 0) is 12.8 Å². The van der Waals surface area contributed by atoms with Gasteiger partial charge in [0.25, 0.3) is 0 Å². The summed E-state index contributed by atoms with van der Waals surface area (Å²) in [5.74, 6) is 0.491. The monoisotopic (exact) mass is 225 g/mol. The van der Waals surface area contributed by atoms with Crippen LogP contribution in [0.4, 0.5) is 0 Å². The lowest BCUT2D eigenvalue weighted by molar-refractivity contribution is 0.127. The zero-order valence-electron chi connectivity index (χ0n) is 9.85. The second-order valence-electron chi connectivity index (χ2n) is 3.46. The van der Waals surface area contributed by atoms with Crippen molar-refractivity contribution in [2.24, 2.45) is 5.73 Å². The third-order valence-electron chi connectivity index (χ3n) is 2.16. The molecule has 0 aromatic carbocycles. The molecule has 0 spiro atoms. The molecular formula is C11H19N3O2. The molecule has 0 aliphatic heterocycles. The Labute approximate surface area is 96.0 Å². The molecule has 90 valence electrons. The smallest absolute Gasteiger partial charge is 0.236 e. The highest BCUT2D eigenvalue weighted by Crippen LogP contribution is 2.19. The molecule has 1 aromatic rings. The molecule has 0 saturated heterocycles. The van der Waals surface area contributed by atoms with Gasteiger partial charge in [0, 0.05) is 25.6 Å². The minimum Gasteiger partial charge on any atom is -0.480 e. The van der Waals surface area contributed by atoms with Gasteiger partial charge >= 0.3 is 0 Å². The minimum atomic E-state index is -0.194. The molecule has 16 heavy (non-hydrogen) atoms. The molecule has 1 rings (SSSR count). The predicted molar refractivity (Wildman–Crippen MR) is 61.2 cm³/mol. The predicted octanol–water partition coefficient (Wildman–Crippen LogP) is 1.30. The topological polar surface area (TPSA) is 70.3 Å². The lowest BCUT2D eigenvalue weighted by Crippen LogP contribution is -2.16. The first-order chi connectivity index (χ1) is 7.79. The number of ether oxygens (including phenoxy) is 2. The number of hydrogen-bond acceptors (Lipinski definition) is 5. The summed E-state index contributed by atoms with van der Waals surface area (Å²) in [5.41, 5.74) is 6.68. The first-order valence-corrected chi connectivity index (χ1v) is 5.47. The van der Waals surface area contributed by atoms with Gasteiger partial charge in [-0.15, -0.1) is 0 Å². The van der Waals surface area contributed by atoms with Gasteiger partial charge in [0.2, 0.25) is 5.88 Å². The quantitative estimate of drug-likeness (QED) is 0.708. The maximum Gasteiger partial charge on any atom is 0.236 e. The molecule has 1 atom stereocenters. The number of methoxy groups -OCH3 is 1. The summed E-state index contributed by atoms with van der Waals surface area (Å²) in [6, 6.07) is -0.194. The molecular weight excluding hydrogens is 206 g/mol. The van der Waals surface area contributed by atoms with E-state index in [1.165, 1.54) is 0 Å². The van der Waals surface area contributed by atoms with Gasteiger partial charge in [-0.2, -0.15) is 0 Å².